The van der Waals surface area contributed by atoms with Gasteiger partial charge in [0, 0.05) is 26.7 Å². The second kappa shape index (κ2) is 18.5. The monoisotopic (exact) mass is 588 g/mol. The summed E-state index contributed by atoms with van der Waals surface area (Å²) >= 11 is 0. The van der Waals surface area contributed by atoms with E-state index in [9.17, 15) is 19.2 Å². The highest BCUT2D eigenvalue weighted by molar-refractivity contribution is 5.88. The number of amides is 1. The van der Waals surface area contributed by atoms with Gasteiger partial charge in [-0.25, -0.2) is 4.79 Å². The lowest BCUT2D eigenvalue weighted by Crippen LogP contribution is -2.42. The van der Waals surface area contributed by atoms with Crippen LogP contribution in [-0.4, -0.2) is 100.0 Å². The van der Waals surface area contributed by atoms with E-state index >= 15 is 0 Å². The molecule has 2 aromatic rings. The Labute approximate surface area is 247 Å². The Balaban J connectivity index is 0.000000572. The third-order valence-electron chi connectivity index (χ3n) is 6.50. The van der Waals surface area contributed by atoms with Gasteiger partial charge in [0.15, 0.2) is 5.60 Å². The summed E-state index contributed by atoms with van der Waals surface area (Å²) in [5.41, 5.74) is 0.744. The Morgan fingerprint density at radius 2 is 1.48 bits per heavy atom. The van der Waals surface area contributed by atoms with Crippen LogP contribution in [0.3, 0.4) is 0 Å². The molecule has 0 heterocycles. The lowest BCUT2D eigenvalue weighted by atomic mass is 9.96. The van der Waals surface area contributed by atoms with E-state index in [0.29, 0.717) is 6.42 Å². The number of aliphatic hydroxyl groups is 1. The normalized spacial score (nSPS) is 10.9. The quantitative estimate of drug-likeness (QED) is 0.202. The predicted molar refractivity (Wildman–Crippen MR) is 158 cm³/mol. The molecule has 0 radical (unpaired) electrons. The average molecular weight is 589 g/mol. The summed E-state index contributed by atoms with van der Waals surface area (Å²) in [7, 11) is 4.00. The van der Waals surface area contributed by atoms with Crippen LogP contribution in [0.4, 0.5) is 0 Å². The summed E-state index contributed by atoms with van der Waals surface area (Å²) in [5.74, 6) is -3.95. The molecule has 2 rings (SSSR count). The van der Waals surface area contributed by atoms with E-state index in [-0.39, 0.29) is 5.91 Å². The van der Waals surface area contributed by atoms with E-state index in [1.165, 1.54) is 5.56 Å². The van der Waals surface area contributed by atoms with Crippen molar-refractivity contribution >= 4 is 23.8 Å². The molecular weight excluding hydrogens is 544 g/mol. The summed E-state index contributed by atoms with van der Waals surface area (Å²) in [6.07, 6.45) is 1.36. The molecule has 0 aliphatic rings. The highest BCUT2D eigenvalue weighted by atomic mass is 16.5. The fourth-order valence-corrected chi connectivity index (χ4v) is 3.86. The summed E-state index contributed by atoms with van der Waals surface area (Å²) in [5, 5.41) is 33.8. The Hall–Kier alpha value is -3.96. The van der Waals surface area contributed by atoms with E-state index < -0.39 is 36.4 Å². The standard InChI is InChI=1S/C25H36N2O2.C6H8O7/c1-5-6-18-29-24-13-12-23(19-21(24)2)20-25(28)27(4)17-16-26(3)15-14-22-10-8-7-9-11-22;7-3(8)1-6(13,5(11)12)2-4(9)10/h7-13,19H,5-6,14-18,20H2,1-4H3;13H,1-2H2,(H,7,8)(H,9,10)(H,11,12). The smallest absolute Gasteiger partial charge is 0.336 e. The Morgan fingerprint density at radius 3 is 2.00 bits per heavy atom. The number of ether oxygens (including phenoxy) is 1. The van der Waals surface area contributed by atoms with Gasteiger partial charge in [-0.2, -0.15) is 0 Å². The SMILES string of the molecule is CCCCOc1ccc(CC(=O)N(C)CCN(C)CCc2ccccc2)cc1C.O=C(O)CC(O)(CC(=O)O)C(=O)O. The van der Waals surface area contributed by atoms with Gasteiger partial charge in [0.05, 0.1) is 25.9 Å². The number of likely N-dealkylation sites (N-methyl/N-ethyl adjacent to an activating group) is 2. The van der Waals surface area contributed by atoms with E-state index in [0.717, 1.165) is 62.4 Å². The zero-order valence-corrected chi connectivity index (χ0v) is 24.9. The van der Waals surface area contributed by atoms with E-state index in [4.69, 9.17) is 25.2 Å². The molecule has 2 aromatic carbocycles. The van der Waals surface area contributed by atoms with Crippen LogP contribution in [0.15, 0.2) is 48.5 Å². The van der Waals surface area contributed by atoms with Crippen molar-refractivity contribution in [1.29, 1.82) is 0 Å². The molecule has 0 saturated carbocycles. The van der Waals surface area contributed by atoms with Crippen molar-refractivity contribution in [3.05, 3.63) is 65.2 Å². The van der Waals surface area contributed by atoms with Crippen molar-refractivity contribution in [2.75, 3.05) is 40.3 Å². The summed E-state index contributed by atoms with van der Waals surface area (Å²) in [4.78, 5) is 47.2. The van der Waals surface area contributed by atoms with Gasteiger partial charge < -0.3 is 35.0 Å². The predicted octanol–water partition coefficient (Wildman–Crippen LogP) is 3.10. The number of carbonyl (C=O) groups excluding carboxylic acids is 1. The first-order chi connectivity index (χ1) is 19.8. The van der Waals surface area contributed by atoms with Gasteiger partial charge in [-0.1, -0.05) is 55.8 Å². The van der Waals surface area contributed by atoms with Gasteiger partial charge in [0.1, 0.15) is 5.75 Å². The number of unbranched alkanes of at least 4 members (excludes halogenated alkanes) is 1. The molecule has 0 spiro atoms. The maximum Gasteiger partial charge on any atom is 0.336 e. The average Bonchev–Trinajstić information content (AvgIpc) is 2.91. The van der Waals surface area contributed by atoms with Gasteiger partial charge >= 0.3 is 17.9 Å². The van der Waals surface area contributed by atoms with Gasteiger partial charge in [-0.05, 0) is 49.6 Å². The lowest BCUT2D eigenvalue weighted by Gasteiger charge is -2.22. The van der Waals surface area contributed by atoms with Crippen LogP contribution in [0.2, 0.25) is 0 Å². The zero-order valence-electron chi connectivity index (χ0n) is 24.9. The van der Waals surface area contributed by atoms with Crippen molar-refractivity contribution in [1.82, 2.24) is 9.80 Å². The van der Waals surface area contributed by atoms with Crippen molar-refractivity contribution in [3.63, 3.8) is 0 Å². The summed E-state index contributed by atoms with van der Waals surface area (Å²) in [6.45, 7) is 7.55. The Morgan fingerprint density at radius 1 is 0.857 bits per heavy atom. The summed E-state index contributed by atoms with van der Waals surface area (Å²) in [6, 6.07) is 16.6. The molecule has 0 fully saturated rings. The molecule has 0 aliphatic heterocycles. The fourth-order valence-electron chi connectivity index (χ4n) is 3.86. The van der Waals surface area contributed by atoms with Crippen LogP contribution >= 0.6 is 0 Å². The molecule has 0 atom stereocenters. The minimum absolute atomic E-state index is 0.153. The van der Waals surface area contributed by atoms with Crippen molar-refractivity contribution in [3.8, 4) is 5.75 Å². The van der Waals surface area contributed by atoms with E-state index in [1.807, 2.05) is 37.1 Å². The maximum absolute atomic E-state index is 12.6. The number of aliphatic carboxylic acids is 3. The highest BCUT2D eigenvalue weighted by Gasteiger charge is 2.40. The van der Waals surface area contributed by atoms with Gasteiger partial charge in [-0.3, -0.25) is 14.4 Å². The van der Waals surface area contributed by atoms with E-state index in [1.54, 1.807) is 0 Å². The molecule has 0 unspecified atom stereocenters. The molecule has 11 nitrogen and oxygen atoms in total. The first kappa shape index (κ1) is 36.1. The van der Waals surface area contributed by atoms with Gasteiger partial charge in [0.2, 0.25) is 5.91 Å². The van der Waals surface area contributed by atoms with Crippen molar-refractivity contribution in [2.24, 2.45) is 0 Å². The number of carboxylic acid groups (broad SMARTS) is 3. The molecule has 232 valence electrons. The van der Waals surface area contributed by atoms with Crippen LogP contribution in [0, 0.1) is 6.92 Å². The second-order valence-electron chi connectivity index (χ2n) is 10.3. The first-order valence-electron chi connectivity index (χ1n) is 13.9. The lowest BCUT2D eigenvalue weighted by molar-refractivity contribution is -0.170. The van der Waals surface area contributed by atoms with Crippen LogP contribution in [0.1, 0.15) is 49.3 Å². The minimum atomic E-state index is -2.74. The number of carbonyl (C=O) groups is 4. The van der Waals surface area contributed by atoms with Crippen molar-refractivity contribution < 1.29 is 44.3 Å². The molecule has 1 amide bonds. The van der Waals surface area contributed by atoms with Crippen LogP contribution in [-0.2, 0) is 32.0 Å². The third-order valence-corrected chi connectivity index (χ3v) is 6.50. The molecule has 42 heavy (non-hydrogen) atoms. The molecule has 4 N–H and O–H groups in total. The fraction of sp³-hybridized carbons (Fsp3) is 0.484. The number of benzene rings is 2. The van der Waals surface area contributed by atoms with Crippen LogP contribution in [0.5, 0.6) is 5.75 Å². The molecule has 11 heteroatoms. The molecule has 0 aromatic heterocycles. The highest BCUT2D eigenvalue weighted by Crippen LogP contribution is 2.20. The Bertz CT molecular complexity index is 1140. The largest absolute Gasteiger partial charge is 0.493 e. The zero-order chi connectivity index (χ0) is 31.7. The number of nitrogens with zero attached hydrogens (tertiary/aromatic N) is 2. The number of hydrogen-bond acceptors (Lipinski definition) is 7. The summed E-state index contributed by atoms with van der Waals surface area (Å²) < 4.78 is 5.80. The topological polar surface area (TPSA) is 165 Å². The molecule has 0 aliphatic carbocycles. The number of hydrogen-bond donors (Lipinski definition) is 4. The first-order valence-corrected chi connectivity index (χ1v) is 13.9. The minimum Gasteiger partial charge on any atom is -0.493 e. The third kappa shape index (κ3) is 14.1. The molecule has 0 saturated heterocycles. The van der Waals surface area contributed by atoms with Gasteiger partial charge in [0.25, 0.3) is 0 Å². The maximum atomic E-state index is 12.6. The molecular formula is C31H44N2O9. The van der Waals surface area contributed by atoms with Gasteiger partial charge in [-0.15, -0.1) is 0 Å². The number of rotatable bonds is 17. The number of aryl methyl sites for hydroxylation is 1. The Kier molecular flexibility index (Phi) is 15.9. The van der Waals surface area contributed by atoms with Crippen molar-refractivity contribution in [2.45, 2.75) is 58.0 Å². The van der Waals surface area contributed by atoms with E-state index in [2.05, 4.69) is 49.2 Å². The molecule has 0 bridgehead atoms. The number of carboxylic acids is 3. The van der Waals surface area contributed by atoms with Crippen LogP contribution < -0.4 is 4.74 Å². The van der Waals surface area contributed by atoms with Crippen LogP contribution in [0.25, 0.3) is 0 Å². The second-order valence-corrected chi connectivity index (χ2v) is 10.3.